The minimum absolute atomic E-state index is 0.0268. The van der Waals surface area contributed by atoms with Gasteiger partial charge in [0.05, 0.1) is 22.6 Å². The molecule has 2 amide bonds. The van der Waals surface area contributed by atoms with E-state index in [9.17, 15) is 28.1 Å². The van der Waals surface area contributed by atoms with Crippen molar-refractivity contribution in [2.75, 3.05) is 18.0 Å². The summed E-state index contributed by atoms with van der Waals surface area (Å²) >= 11 is 6.17. The summed E-state index contributed by atoms with van der Waals surface area (Å²) < 4.78 is 34.1. The molecule has 0 aliphatic carbocycles. The zero-order valence-electron chi connectivity index (χ0n) is 24.6. The molecule has 2 atom stereocenters. The molecule has 0 saturated carbocycles. The van der Waals surface area contributed by atoms with Crippen LogP contribution in [0.4, 0.5) is 11.4 Å². The van der Waals surface area contributed by atoms with Crippen molar-refractivity contribution in [1.82, 2.24) is 10.2 Å². The van der Waals surface area contributed by atoms with E-state index in [0.29, 0.717) is 22.8 Å². The largest absolute Gasteiger partial charge is 0.497 e. The molecule has 0 bridgehead atoms. The van der Waals surface area contributed by atoms with Gasteiger partial charge in [0, 0.05) is 29.2 Å². The molecule has 43 heavy (non-hydrogen) atoms. The normalized spacial score (nSPS) is 12.6. The van der Waals surface area contributed by atoms with E-state index in [2.05, 4.69) is 5.32 Å². The van der Waals surface area contributed by atoms with Crippen molar-refractivity contribution in [3.8, 4) is 5.75 Å². The predicted molar refractivity (Wildman–Crippen MR) is 165 cm³/mol. The van der Waals surface area contributed by atoms with E-state index in [1.165, 1.54) is 55.3 Å². The monoisotopic (exact) mass is 630 g/mol. The Morgan fingerprint density at radius 1 is 1.07 bits per heavy atom. The summed E-state index contributed by atoms with van der Waals surface area (Å²) in [5, 5.41) is 14.9. The summed E-state index contributed by atoms with van der Waals surface area (Å²) in [6, 6.07) is 15.2. The lowest BCUT2D eigenvalue weighted by molar-refractivity contribution is -0.385. The molecule has 0 fully saturated rings. The molecule has 0 saturated heterocycles. The number of nitro groups is 1. The fraction of sp³-hybridized carbons (Fsp3) is 0.333. The third-order valence-electron chi connectivity index (χ3n) is 7.01. The molecule has 13 heteroatoms. The van der Waals surface area contributed by atoms with Gasteiger partial charge in [0.2, 0.25) is 11.8 Å². The van der Waals surface area contributed by atoms with E-state index < -0.39 is 39.3 Å². The van der Waals surface area contributed by atoms with Gasteiger partial charge in [-0.25, -0.2) is 8.42 Å². The summed E-state index contributed by atoms with van der Waals surface area (Å²) in [5.74, 6) is -0.623. The summed E-state index contributed by atoms with van der Waals surface area (Å²) in [6.45, 7) is 6.09. The number of anilines is 1. The van der Waals surface area contributed by atoms with Gasteiger partial charge in [0.1, 0.15) is 18.3 Å². The Bertz CT molecular complexity index is 1580. The highest BCUT2D eigenvalue weighted by Gasteiger charge is 2.33. The third-order valence-corrected chi connectivity index (χ3v) is 9.02. The highest BCUT2D eigenvalue weighted by atomic mass is 35.5. The van der Waals surface area contributed by atoms with Crippen LogP contribution in [0.15, 0.2) is 71.6 Å². The summed E-state index contributed by atoms with van der Waals surface area (Å²) in [7, 11) is -3.05. The summed E-state index contributed by atoms with van der Waals surface area (Å²) in [6.07, 6.45) is 0.673. The van der Waals surface area contributed by atoms with Crippen molar-refractivity contribution >= 4 is 44.8 Å². The first-order chi connectivity index (χ1) is 20.3. The maximum Gasteiger partial charge on any atom is 0.273 e. The van der Waals surface area contributed by atoms with Crippen LogP contribution < -0.4 is 14.4 Å². The van der Waals surface area contributed by atoms with Gasteiger partial charge in [-0.05, 0) is 75.2 Å². The van der Waals surface area contributed by atoms with E-state index in [-0.39, 0.29) is 34.4 Å². The highest BCUT2D eigenvalue weighted by Crippen LogP contribution is 2.29. The molecular formula is C30H35ClN4O7S. The fourth-order valence-electron chi connectivity index (χ4n) is 4.23. The zero-order chi connectivity index (χ0) is 31.9. The van der Waals surface area contributed by atoms with Gasteiger partial charge < -0.3 is 15.0 Å². The Balaban J connectivity index is 2.09. The molecule has 11 nitrogen and oxygen atoms in total. The van der Waals surface area contributed by atoms with Crippen molar-refractivity contribution in [3.05, 3.63) is 93.0 Å². The van der Waals surface area contributed by atoms with E-state index in [4.69, 9.17) is 16.3 Å². The standard InChI is InChI=1S/C30H35ClN4O7S/c1-6-21(3)32-30(37)22(4)33(18-23-8-7-9-24(31)16-23)29(36)19-34(25-11-13-26(42-5)14-12-25)43(40,41)27-15-10-20(2)28(17-27)35(38)39/h7-17,21-22H,6,18-19H2,1-5H3,(H,32,37)/t21-,22+/m0/s1. The van der Waals surface area contributed by atoms with Gasteiger partial charge in [-0.1, -0.05) is 36.7 Å². The predicted octanol–water partition coefficient (Wildman–Crippen LogP) is 5.09. The number of hydrogen-bond acceptors (Lipinski definition) is 7. The molecule has 0 radical (unpaired) electrons. The van der Waals surface area contributed by atoms with Crippen LogP contribution in [0.3, 0.4) is 0 Å². The van der Waals surface area contributed by atoms with Crippen molar-refractivity contribution in [1.29, 1.82) is 0 Å². The number of methoxy groups -OCH3 is 1. The lowest BCUT2D eigenvalue weighted by atomic mass is 10.1. The maximum absolute atomic E-state index is 14.0. The SMILES string of the molecule is CC[C@H](C)NC(=O)[C@@H](C)N(Cc1cccc(Cl)c1)C(=O)CN(c1ccc(OC)cc1)S(=O)(=O)c1ccc(C)c([N+](=O)[O-])c1. The van der Waals surface area contributed by atoms with Crippen LogP contribution in [-0.2, 0) is 26.2 Å². The molecule has 0 unspecified atom stereocenters. The molecule has 0 aliphatic heterocycles. The number of carbonyl (C=O) groups is 2. The number of amides is 2. The second-order valence-corrected chi connectivity index (χ2v) is 12.4. The van der Waals surface area contributed by atoms with Gasteiger partial charge in [0.15, 0.2) is 0 Å². The minimum atomic E-state index is -4.50. The van der Waals surface area contributed by atoms with Crippen LogP contribution in [0.25, 0.3) is 0 Å². The first-order valence-corrected chi connectivity index (χ1v) is 15.4. The Hall–Kier alpha value is -4.16. The zero-order valence-corrected chi connectivity index (χ0v) is 26.2. The number of hydrogen-bond donors (Lipinski definition) is 1. The summed E-state index contributed by atoms with van der Waals surface area (Å²) in [4.78, 5) is 39.0. The third kappa shape index (κ3) is 8.23. The number of halogens is 1. The molecule has 3 aromatic rings. The van der Waals surface area contributed by atoms with Crippen LogP contribution in [0.1, 0.15) is 38.3 Å². The van der Waals surface area contributed by atoms with Crippen LogP contribution in [0.5, 0.6) is 5.75 Å². The number of nitro benzene ring substituents is 1. The number of carbonyl (C=O) groups excluding carboxylic acids is 2. The van der Waals surface area contributed by atoms with Crippen molar-refractivity contribution in [3.63, 3.8) is 0 Å². The number of nitrogens with one attached hydrogen (secondary N) is 1. The van der Waals surface area contributed by atoms with Gasteiger partial charge in [-0.3, -0.25) is 24.0 Å². The number of nitrogens with zero attached hydrogens (tertiary/aromatic N) is 3. The number of rotatable bonds is 13. The average Bonchev–Trinajstić information content (AvgIpc) is 2.98. The van der Waals surface area contributed by atoms with Crippen LogP contribution in [0.2, 0.25) is 5.02 Å². The van der Waals surface area contributed by atoms with Gasteiger partial charge in [0.25, 0.3) is 15.7 Å². The van der Waals surface area contributed by atoms with E-state index >= 15 is 0 Å². The Kier molecular flexibility index (Phi) is 11.1. The molecule has 0 aliphatic rings. The molecular weight excluding hydrogens is 596 g/mol. The number of sulfonamides is 1. The van der Waals surface area contributed by atoms with Crippen molar-refractivity contribution in [2.24, 2.45) is 0 Å². The second kappa shape index (κ2) is 14.3. The minimum Gasteiger partial charge on any atom is -0.497 e. The quantitative estimate of drug-likeness (QED) is 0.205. The van der Waals surface area contributed by atoms with Crippen molar-refractivity contribution in [2.45, 2.75) is 57.6 Å². The Morgan fingerprint density at radius 2 is 1.74 bits per heavy atom. The molecule has 1 N–H and O–H groups in total. The van der Waals surface area contributed by atoms with Gasteiger partial charge in [-0.15, -0.1) is 0 Å². The number of aryl methyl sites for hydroxylation is 1. The van der Waals surface area contributed by atoms with E-state index in [0.717, 1.165) is 10.4 Å². The smallest absolute Gasteiger partial charge is 0.273 e. The van der Waals surface area contributed by atoms with Crippen molar-refractivity contribution < 1.29 is 27.7 Å². The lowest BCUT2D eigenvalue weighted by Crippen LogP contribution is -2.52. The molecule has 0 aromatic heterocycles. The maximum atomic E-state index is 14.0. The van der Waals surface area contributed by atoms with Gasteiger partial charge in [-0.2, -0.15) is 0 Å². The first kappa shape index (κ1) is 33.3. The molecule has 3 aromatic carbocycles. The first-order valence-electron chi connectivity index (χ1n) is 13.5. The second-order valence-electron chi connectivity index (χ2n) is 10.1. The molecule has 230 valence electrons. The molecule has 0 heterocycles. The topological polar surface area (TPSA) is 139 Å². The van der Waals surface area contributed by atoms with Crippen LogP contribution >= 0.6 is 11.6 Å². The molecule has 3 rings (SSSR count). The fourth-order valence-corrected chi connectivity index (χ4v) is 5.88. The summed E-state index contributed by atoms with van der Waals surface area (Å²) in [5.41, 5.74) is 0.665. The lowest BCUT2D eigenvalue weighted by Gasteiger charge is -2.32. The number of benzene rings is 3. The average molecular weight is 631 g/mol. The van der Waals surface area contributed by atoms with E-state index in [1.807, 2.05) is 13.8 Å². The number of ether oxygens (including phenoxy) is 1. The van der Waals surface area contributed by atoms with Crippen LogP contribution in [0, 0.1) is 17.0 Å². The Morgan fingerprint density at radius 3 is 2.33 bits per heavy atom. The highest BCUT2D eigenvalue weighted by molar-refractivity contribution is 7.92. The molecule has 0 spiro atoms. The van der Waals surface area contributed by atoms with E-state index in [1.54, 1.807) is 31.2 Å². The van der Waals surface area contributed by atoms with Gasteiger partial charge >= 0.3 is 0 Å². The van der Waals surface area contributed by atoms with Crippen LogP contribution in [-0.4, -0.2) is 55.8 Å². The Labute approximate surface area is 256 Å².